The molecule has 0 bridgehead atoms. The third-order valence-electron chi connectivity index (χ3n) is 10.3. The van der Waals surface area contributed by atoms with Gasteiger partial charge in [-0.25, -0.2) is 0 Å². The van der Waals surface area contributed by atoms with Gasteiger partial charge in [0.05, 0.1) is 0 Å². The molecule has 0 fully saturated rings. The zero-order chi connectivity index (χ0) is 33.7. The Balaban J connectivity index is 0.943. The molecule has 10 aromatic rings. The second kappa shape index (κ2) is 12.2. The predicted molar refractivity (Wildman–Crippen MR) is 222 cm³/mol. The molecular formula is C50H32S. The van der Waals surface area contributed by atoms with Gasteiger partial charge >= 0.3 is 0 Å². The molecule has 0 N–H and O–H groups in total. The van der Waals surface area contributed by atoms with E-state index >= 15 is 0 Å². The summed E-state index contributed by atoms with van der Waals surface area (Å²) in [6.45, 7) is 0. The molecule has 0 aliphatic heterocycles. The van der Waals surface area contributed by atoms with Gasteiger partial charge in [0.15, 0.2) is 0 Å². The Hall–Kier alpha value is -6.28. The lowest BCUT2D eigenvalue weighted by molar-refractivity contribution is 1.57. The van der Waals surface area contributed by atoms with Crippen LogP contribution in [0.1, 0.15) is 0 Å². The summed E-state index contributed by atoms with van der Waals surface area (Å²) in [6, 6.07) is 71.1. The van der Waals surface area contributed by atoms with E-state index in [1.165, 1.54) is 97.4 Å². The quantitative estimate of drug-likeness (QED) is 0.161. The van der Waals surface area contributed by atoms with E-state index < -0.39 is 0 Å². The third-order valence-corrected chi connectivity index (χ3v) is 11.5. The molecule has 238 valence electrons. The molecule has 0 nitrogen and oxygen atoms in total. The monoisotopic (exact) mass is 664 g/mol. The maximum atomic E-state index is 2.33. The van der Waals surface area contributed by atoms with Gasteiger partial charge in [-0.3, -0.25) is 0 Å². The first-order chi connectivity index (χ1) is 25.3. The van der Waals surface area contributed by atoms with E-state index in [1.807, 2.05) is 11.3 Å². The van der Waals surface area contributed by atoms with Crippen LogP contribution in [0.5, 0.6) is 0 Å². The van der Waals surface area contributed by atoms with Crippen molar-refractivity contribution < 1.29 is 0 Å². The molecule has 51 heavy (non-hydrogen) atoms. The molecule has 1 heteroatoms. The molecule has 0 saturated carbocycles. The van der Waals surface area contributed by atoms with E-state index in [9.17, 15) is 0 Å². The average Bonchev–Trinajstić information content (AvgIpc) is 3.60. The summed E-state index contributed by atoms with van der Waals surface area (Å²) in [5, 5.41) is 7.82. The Morgan fingerprint density at radius 1 is 0.255 bits per heavy atom. The summed E-state index contributed by atoms with van der Waals surface area (Å²) in [6.07, 6.45) is 0. The van der Waals surface area contributed by atoms with Crippen LogP contribution in [-0.2, 0) is 0 Å². The molecular weight excluding hydrogens is 633 g/mol. The lowest BCUT2D eigenvalue weighted by atomic mass is 9.92. The first-order valence-electron chi connectivity index (χ1n) is 17.5. The molecule has 0 atom stereocenters. The largest absolute Gasteiger partial charge is 0.135 e. The van der Waals surface area contributed by atoms with Crippen LogP contribution in [0.3, 0.4) is 0 Å². The number of fused-ring (bicyclic) bond motifs is 6. The normalized spacial score (nSPS) is 11.5. The van der Waals surface area contributed by atoms with E-state index in [0.29, 0.717) is 0 Å². The minimum absolute atomic E-state index is 1.21. The summed E-state index contributed by atoms with van der Waals surface area (Å²) >= 11 is 1.88. The van der Waals surface area contributed by atoms with Crippen molar-refractivity contribution in [2.24, 2.45) is 0 Å². The Morgan fingerprint density at radius 3 is 1.39 bits per heavy atom. The maximum absolute atomic E-state index is 2.33. The lowest BCUT2D eigenvalue weighted by Crippen LogP contribution is -1.86. The Morgan fingerprint density at radius 2 is 0.725 bits per heavy atom. The Bertz CT molecular complexity index is 2890. The van der Waals surface area contributed by atoms with Crippen LogP contribution < -0.4 is 0 Å². The zero-order valence-corrected chi connectivity index (χ0v) is 28.7. The van der Waals surface area contributed by atoms with Gasteiger partial charge in [0.1, 0.15) is 0 Å². The molecule has 0 saturated heterocycles. The minimum atomic E-state index is 1.21. The van der Waals surface area contributed by atoms with Gasteiger partial charge in [0.2, 0.25) is 0 Å². The van der Waals surface area contributed by atoms with Crippen molar-refractivity contribution in [2.45, 2.75) is 0 Å². The highest BCUT2D eigenvalue weighted by molar-refractivity contribution is 7.26. The van der Waals surface area contributed by atoms with Crippen LogP contribution in [0.15, 0.2) is 194 Å². The zero-order valence-electron chi connectivity index (χ0n) is 27.9. The topological polar surface area (TPSA) is 0 Å². The third kappa shape index (κ3) is 5.22. The maximum Gasteiger partial charge on any atom is 0.0433 e. The number of rotatable bonds is 5. The molecule has 0 aliphatic carbocycles. The second-order valence-corrected chi connectivity index (χ2v) is 14.3. The smallest absolute Gasteiger partial charge is 0.0433 e. The van der Waals surface area contributed by atoms with Crippen LogP contribution in [0.2, 0.25) is 0 Å². The van der Waals surface area contributed by atoms with Crippen molar-refractivity contribution in [1.82, 2.24) is 0 Å². The molecule has 10 rings (SSSR count). The molecule has 0 radical (unpaired) electrons. The van der Waals surface area contributed by atoms with Crippen molar-refractivity contribution in [3.8, 4) is 55.6 Å². The van der Waals surface area contributed by atoms with Crippen molar-refractivity contribution in [1.29, 1.82) is 0 Å². The van der Waals surface area contributed by atoms with Crippen molar-refractivity contribution in [2.75, 3.05) is 0 Å². The van der Waals surface area contributed by atoms with Gasteiger partial charge in [0.25, 0.3) is 0 Å². The number of hydrogen-bond donors (Lipinski definition) is 0. The van der Waals surface area contributed by atoms with Gasteiger partial charge in [-0.1, -0.05) is 170 Å². The minimum Gasteiger partial charge on any atom is -0.135 e. The van der Waals surface area contributed by atoms with E-state index in [2.05, 4.69) is 194 Å². The van der Waals surface area contributed by atoms with Crippen molar-refractivity contribution in [3.05, 3.63) is 194 Å². The number of thiophene rings is 1. The summed E-state index contributed by atoms with van der Waals surface area (Å²) in [5.41, 5.74) is 12.3. The van der Waals surface area contributed by atoms with E-state index in [4.69, 9.17) is 0 Å². The van der Waals surface area contributed by atoms with Gasteiger partial charge < -0.3 is 0 Å². The molecule has 0 aliphatic rings. The van der Waals surface area contributed by atoms with Crippen LogP contribution in [0.4, 0.5) is 0 Å². The highest BCUT2D eigenvalue weighted by atomic mass is 32.1. The highest BCUT2D eigenvalue weighted by Gasteiger charge is 2.12. The summed E-state index contributed by atoms with van der Waals surface area (Å²) in [7, 11) is 0. The fourth-order valence-corrected chi connectivity index (χ4v) is 8.95. The van der Waals surface area contributed by atoms with Gasteiger partial charge in [-0.15, -0.1) is 11.3 Å². The molecule has 1 heterocycles. The van der Waals surface area contributed by atoms with Crippen molar-refractivity contribution >= 4 is 53.1 Å². The fraction of sp³-hybridized carbons (Fsp3) is 0. The van der Waals surface area contributed by atoms with E-state index in [1.54, 1.807) is 0 Å². The van der Waals surface area contributed by atoms with Crippen LogP contribution in [0, 0.1) is 0 Å². The van der Waals surface area contributed by atoms with Gasteiger partial charge in [-0.05, 0) is 101 Å². The average molecular weight is 665 g/mol. The molecule has 9 aromatic carbocycles. The van der Waals surface area contributed by atoms with E-state index in [-0.39, 0.29) is 0 Å². The lowest BCUT2D eigenvalue weighted by Gasteiger charge is -2.12. The van der Waals surface area contributed by atoms with Crippen molar-refractivity contribution in [3.63, 3.8) is 0 Å². The number of benzene rings is 9. The first-order valence-corrected chi connectivity index (χ1v) is 18.3. The number of hydrogen-bond acceptors (Lipinski definition) is 1. The molecule has 0 amide bonds. The Labute approximate surface area is 301 Å². The fourth-order valence-electron chi connectivity index (χ4n) is 7.71. The molecule has 0 unspecified atom stereocenters. The second-order valence-electron chi connectivity index (χ2n) is 13.3. The summed E-state index contributed by atoms with van der Waals surface area (Å²) in [5.74, 6) is 0. The SMILES string of the molecule is c1cc(-c2ccc(-c3cc4ccccc4c4ccccc34)cc2)cc(-c2cccc(-c3ccc(-c4cccc5c4sc4ccccc45)cc3)c2)c1. The first kappa shape index (κ1) is 29.6. The van der Waals surface area contributed by atoms with Gasteiger partial charge in [0, 0.05) is 20.2 Å². The van der Waals surface area contributed by atoms with Crippen LogP contribution in [0.25, 0.3) is 97.4 Å². The summed E-state index contributed by atoms with van der Waals surface area (Å²) < 4.78 is 2.69. The van der Waals surface area contributed by atoms with E-state index in [0.717, 1.165) is 0 Å². The predicted octanol–water partition coefficient (Wildman–Crippen LogP) is 14.7. The van der Waals surface area contributed by atoms with Crippen LogP contribution >= 0.6 is 11.3 Å². The van der Waals surface area contributed by atoms with Crippen LogP contribution in [-0.4, -0.2) is 0 Å². The standard InChI is InChI=1S/C50H32S/c1-2-15-42-41(10-1)32-48(45-17-4-3-16-44(42)45)36-28-24-34(25-29-36)38-12-8-14-40(31-38)39-13-7-11-37(30-39)33-22-26-35(27-23-33)43-19-9-20-47-46-18-5-6-21-49(46)51-50(43)47/h1-32H. The molecule has 1 aromatic heterocycles. The molecule has 0 spiro atoms. The van der Waals surface area contributed by atoms with Gasteiger partial charge in [-0.2, -0.15) is 0 Å². The summed E-state index contributed by atoms with van der Waals surface area (Å²) in [4.78, 5) is 0. The highest BCUT2D eigenvalue weighted by Crippen LogP contribution is 2.41. The Kier molecular flexibility index (Phi) is 7.11.